The van der Waals surface area contributed by atoms with Gasteiger partial charge in [-0.1, -0.05) is 6.07 Å². The summed E-state index contributed by atoms with van der Waals surface area (Å²) < 4.78 is 76.8. The van der Waals surface area contributed by atoms with Gasteiger partial charge in [0.1, 0.15) is 5.82 Å². The van der Waals surface area contributed by atoms with E-state index < -0.39 is 27.5 Å². The number of nitrogens with one attached hydrogen (secondary N) is 2. The number of alkyl halides is 3. The highest BCUT2D eigenvalue weighted by atomic mass is 127. The summed E-state index contributed by atoms with van der Waals surface area (Å²) in [4.78, 5) is 3.92. The van der Waals surface area contributed by atoms with E-state index in [1.54, 1.807) is 0 Å². The second kappa shape index (κ2) is 10.4. The van der Waals surface area contributed by atoms with E-state index in [-0.39, 0.29) is 54.3 Å². The second-order valence-electron chi connectivity index (χ2n) is 6.44. The fourth-order valence-electron chi connectivity index (χ4n) is 2.67. The van der Waals surface area contributed by atoms with Crippen LogP contribution < -0.4 is 10.6 Å². The van der Waals surface area contributed by atoms with Gasteiger partial charge < -0.3 is 10.6 Å². The maximum Gasteiger partial charge on any atom is 0.435 e. The molecule has 0 unspecified atom stereocenters. The van der Waals surface area contributed by atoms with Crippen LogP contribution in [0.3, 0.4) is 0 Å². The van der Waals surface area contributed by atoms with Crippen LogP contribution in [0, 0.1) is 5.82 Å². The van der Waals surface area contributed by atoms with Gasteiger partial charge in [0.05, 0.1) is 5.75 Å². The van der Waals surface area contributed by atoms with E-state index in [1.165, 1.54) is 32.4 Å². The van der Waals surface area contributed by atoms with E-state index >= 15 is 0 Å². The lowest BCUT2D eigenvalue weighted by Crippen LogP contribution is -2.37. The summed E-state index contributed by atoms with van der Waals surface area (Å²) in [5, 5.41) is 9.01. The minimum absolute atomic E-state index is 0. The molecule has 30 heavy (non-hydrogen) atoms. The predicted octanol–water partition coefficient (Wildman–Crippen LogP) is 2.61. The molecule has 0 saturated heterocycles. The summed E-state index contributed by atoms with van der Waals surface area (Å²) >= 11 is 0. The molecule has 2 aromatic rings. The summed E-state index contributed by atoms with van der Waals surface area (Å²) in [6.07, 6.45) is -2.27. The Balaban J connectivity index is 0.00000450. The molecule has 13 heteroatoms. The molecule has 0 saturated carbocycles. The van der Waals surface area contributed by atoms with Crippen molar-refractivity contribution in [2.24, 2.45) is 12.0 Å². The highest BCUT2D eigenvalue weighted by Crippen LogP contribution is 2.30. The molecule has 0 aliphatic heterocycles. The lowest BCUT2D eigenvalue weighted by Gasteiger charge is -2.14. The number of aliphatic imine (C=N–C) groups is 1. The largest absolute Gasteiger partial charge is 0.435 e. The average Bonchev–Trinajstić information content (AvgIpc) is 2.97. The van der Waals surface area contributed by atoms with Gasteiger partial charge in [-0.15, -0.1) is 24.0 Å². The Morgan fingerprint density at radius 2 is 1.77 bits per heavy atom. The summed E-state index contributed by atoms with van der Waals surface area (Å²) in [7, 11) is -0.520. The Hall–Kier alpha value is -1.90. The number of sulfone groups is 1. The quantitative estimate of drug-likeness (QED) is 0.244. The molecule has 1 aromatic heterocycles. The summed E-state index contributed by atoms with van der Waals surface area (Å²) in [5.41, 5.74) is -0.241. The minimum atomic E-state index is -4.59. The van der Waals surface area contributed by atoms with Crippen LogP contribution in [0.1, 0.15) is 22.4 Å². The smallest absolute Gasteiger partial charge is 0.352 e. The van der Waals surface area contributed by atoms with Crippen LogP contribution in [0.25, 0.3) is 0 Å². The van der Waals surface area contributed by atoms with Crippen molar-refractivity contribution >= 4 is 39.8 Å². The number of hydrogen-bond acceptors (Lipinski definition) is 4. The van der Waals surface area contributed by atoms with E-state index in [9.17, 15) is 26.0 Å². The first-order chi connectivity index (χ1) is 13.4. The van der Waals surface area contributed by atoms with Gasteiger partial charge in [-0.2, -0.15) is 18.3 Å². The number of hydrogen-bond donors (Lipinski definition) is 2. The molecule has 1 heterocycles. The fourth-order valence-corrected chi connectivity index (χ4v) is 3.51. The predicted molar refractivity (Wildman–Crippen MR) is 116 cm³/mol. The molecule has 0 aliphatic carbocycles. The summed E-state index contributed by atoms with van der Waals surface area (Å²) in [6.45, 7) is -0.164. The highest BCUT2D eigenvalue weighted by molar-refractivity contribution is 14.0. The first-order valence-electron chi connectivity index (χ1n) is 8.38. The molecule has 2 rings (SSSR count). The summed E-state index contributed by atoms with van der Waals surface area (Å²) in [6, 6.07) is 3.75. The van der Waals surface area contributed by atoms with Gasteiger partial charge in [-0.3, -0.25) is 9.67 Å². The van der Waals surface area contributed by atoms with Crippen LogP contribution in [0.15, 0.2) is 29.4 Å². The van der Waals surface area contributed by atoms with Crippen molar-refractivity contribution < 1.29 is 26.0 Å². The lowest BCUT2D eigenvalue weighted by molar-refractivity contribution is -0.142. The van der Waals surface area contributed by atoms with Gasteiger partial charge in [0, 0.05) is 45.2 Å². The van der Waals surface area contributed by atoms with E-state index in [2.05, 4.69) is 20.7 Å². The number of aryl methyl sites for hydroxylation is 1. The third-order valence-corrected chi connectivity index (χ3v) is 4.71. The van der Waals surface area contributed by atoms with E-state index in [0.29, 0.717) is 11.1 Å². The van der Waals surface area contributed by atoms with Gasteiger partial charge in [-0.05, 0) is 23.3 Å². The minimum Gasteiger partial charge on any atom is -0.352 e. The molecule has 0 amide bonds. The van der Waals surface area contributed by atoms with Crippen LogP contribution >= 0.6 is 24.0 Å². The van der Waals surface area contributed by atoms with Crippen LogP contribution in [-0.4, -0.2) is 37.5 Å². The first-order valence-corrected chi connectivity index (χ1v) is 10.4. The normalized spacial score (nSPS) is 12.4. The standard InChI is InChI=1S/C17H21F4N5O2S.HI/c1-22-16(24-8-13-9-26(2)25-15(13)17(19,20)21)23-7-12-6-14(18)5-4-11(12)10-29(3,27)28;/h4-6,9H,7-8,10H2,1-3H3,(H2,22,23,24);1H. The average molecular weight is 563 g/mol. The first kappa shape index (κ1) is 26.1. The van der Waals surface area contributed by atoms with Crippen LogP contribution in [0.4, 0.5) is 17.6 Å². The van der Waals surface area contributed by atoms with Crippen molar-refractivity contribution in [3.8, 4) is 0 Å². The molecule has 0 bridgehead atoms. The Kier molecular flexibility index (Phi) is 9.07. The molecule has 0 radical (unpaired) electrons. The van der Waals surface area contributed by atoms with Gasteiger partial charge in [0.25, 0.3) is 0 Å². The van der Waals surface area contributed by atoms with Gasteiger partial charge in [0.15, 0.2) is 21.5 Å². The second-order valence-corrected chi connectivity index (χ2v) is 8.58. The van der Waals surface area contributed by atoms with E-state index in [0.717, 1.165) is 17.0 Å². The lowest BCUT2D eigenvalue weighted by atomic mass is 10.1. The molecule has 2 N–H and O–H groups in total. The van der Waals surface area contributed by atoms with Crippen molar-refractivity contribution in [3.05, 3.63) is 52.6 Å². The van der Waals surface area contributed by atoms with Crippen molar-refractivity contribution in [1.29, 1.82) is 0 Å². The number of guanidine groups is 1. The molecular formula is C17H22F4IN5O2S. The number of aromatic nitrogens is 2. The zero-order chi connectivity index (χ0) is 21.8. The van der Waals surface area contributed by atoms with Crippen LogP contribution in [-0.2, 0) is 41.9 Å². The van der Waals surface area contributed by atoms with Gasteiger partial charge in [0.2, 0.25) is 0 Å². The number of rotatable bonds is 6. The SMILES string of the molecule is CN=C(NCc1cc(F)ccc1CS(C)(=O)=O)NCc1cn(C)nc1C(F)(F)F.I. The van der Waals surface area contributed by atoms with E-state index in [4.69, 9.17) is 0 Å². The molecule has 0 fully saturated rings. The number of benzene rings is 1. The van der Waals surface area contributed by atoms with Crippen LogP contribution in [0.5, 0.6) is 0 Å². The number of halogens is 5. The molecule has 7 nitrogen and oxygen atoms in total. The van der Waals surface area contributed by atoms with Gasteiger partial charge >= 0.3 is 6.18 Å². The fraction of sp³-hybridized carbons (Fsp3) is 0.412. The highest BCUT2D eigenvalue weighted by Gasteiger charge is 2.36. The summed E-state index contributed by atoms with van der Waals surface area (Å²) in [5.74, 6) is -0.635. The molecule has 168 valence electrons. The van der Waals surface area contributed by atoms with Gasteiger partial charge in [-0.25, -0.2) is 12.8 Å². The third-order valence-electron chi connectivity index (χ3n) is 3.88. The zero-order valence-corrected chi connectivity index (χ0v) is 19.6. The van der Waals surface area contributed by atoms with Crippen molar-refractivity contribution in [1.82, 2.24) is 20.4 Å². The maximum absolute atomic E-state index is 13.6. The molecule has 0 atom stereocenters. The van der Waals surface area contributed by atoms with Crippen molar-refractivity contribution in [3.63, 3.8) is 0 Å². The Bertz CT molecular complexity index is 1010. The third kappa shape index (κ3) is 7.74. The molecule has 1 aromatic carbocycles. The molecule has 0 spiro atoms. The topological polar surface area (TPSA) is 88.4 Å². The Morgan fingerprint density at radius 3 is 2.30 bits per heavy atom. The van der Waals surface area contributed by atoms with E-state index in [1.807, 2.05) is 0 Å². The monoisotopic (exact) mass is 563 g/mol. The molecule has 0 aliphatic rings. The Labute approximate surface area is 188 Å². The van der Waals surface area contributed by atoms with Crippen molar-refractivity contribution in [2.75, 3.05) is 13.3 Å². The number of nitrogens with zero attached hydrogens (tertiary/aromatic N) is 3. The Morgan fingerprint density at radius 1 is 1.17 bits per heavy atom. The van der Waals surface area contributed by atoms with Crippen molar-refractivity contribution in [2.45, 2.75) is 25.0 Å². The van der Waals surface area contributed by atoms with Crippen LogP contribution in [0.2, 0.25) is 0 Å². The zero-order valence-electron chi connectivity index (χ0n) is 16.4. The molecular weight excluding hydrogens is 541 g/mol. The maximum atomic E-state index is 13.6.